The van der Waals surface area contributed by atoms with Gasteiger partial charge < -0.3 is 38.0 Å². The number of rotatable bonds is 16. The predicted octanol–water partition coefficient (Wildman–Crippen LogP) is 1.04. The van der Waals surface area contributed by atoms with E-state index in [1.54, 1.807) is 0 Å². The maximum absolute atomic E-state index is 13.2. The molecule has 0 aliphatic rings. The van der Waals surface area contributed by atoms with Crippen molar-refractivity contribution >= 4 is 29.4 Å². The largest absolute Gasteiger partial charge is 0.504 e. The van der Waals surface area contributed by atoms with Gasteiger partial charge in [0.15, 0.2) is 0 Å². The molecular weight excluding hydrogens is 416 g/mol. The molecule has 0 saturated heterocycles. The SMILES string of the molecule is CCC(C(CCC(N)=O)(C(N)=O)C(CC)[Si](OC)(OC)OC)[Si](OC)(OC)OC. The summed E-state index contributed by atoms with van der Waals surface area (Å²) in [6.45, 7) is 3.77. The van der Waals surface area contributed by atoms with Crippen molar-refractivity contribution < 1.29 is 36.1 Å². The van der Waals surface area contributed by atoms with Gasteiger partial charge in [0, 0.05) is 60.2 Å². The molecule has 0 bridgehead atoms. The fraction of sp³-hybridized carbons (Fsp3) is 0.882. The highest BCUT2D eigenvalue weighted by Gasteiger charge is 2.68. The van der Waals surface area contributed by atoms with E-state index in [9.17, 15) is 9.59 Å². The second kappa shape index (κ2) is 12.1. The number of carbonyl (C=O) groups is 2. The van der Waals surface area contributed by atoms with Crippen LogP contribution < -0.4 is 11.5 Å². The molecule has 12 heteroatoms. The molecule has 0 aromatic carbocycles. The van der Waals surface area contributed by atoms with Gasteiger partial charge in [0.05, 0.1) is 5.41 Å². The van der Waals surface area contributed by atoms with Crippen molar-refractivity contribution in [2.45, 2.75) is 50.6 Å². The van der Waals surface area contributed by atoms with Gasteiger partial charge >= 0.3 is 17.6 Å². The van der Waals surface area contributed by atoms with Crippen LogP contribution in [0.3, 0.4) is 0 Å². The highest BCUT2D eigenvalue weighted by atomic mass is 28.4. The fourth-order valence-corrected chi connectivity index (χ4v) is 10.7. The lowest BCUT2D eigenvalue weighted by Crippen LogP contribution is -2.64. The number of hydrogen-bond donors (Lipinski definition) is 2. The number of amides is 2. The first-order valence-electron chi connectivity index (χ1n) is 9.50. The lowest BCUT2D eigenvalue weighted by atomic mass is 9.73. The minimum Gasteiger partial charge on any atom is -0.377 e. The summed E-state index contributed by atoms with van der Waals surface area (Å²) >= 11 is 0. The summed E-state index contributed by atoms with van der Waals surface area (Å²) in [5.41, 5.74) is 8.96. The zero-order valence-electron chi connectivity index (χ0n) is 18.9. The minimum atomic E-state index is -3.41. The van der Waals surface area contributed by atoms with Gasteiger partial charge in [0.25, 0.3) is 0 Å². The van der Waals surface area contributed by atoms with Crippen LogP contribution in [0.2, 0.25) is 11.1 Å². The summed E-state index contributed by atoms with van der Waals surface area (Å²) < 4.78 is 34.3. The van der Waals surface area contributed by atoms with E-state index in [0.29, 0.717) is 12.8 Å². The normalized spacial score (nSPS) is 16.8. The molecule has 0 saturated carbocycles. The van der Waals surface area contributed by atoms with E-state index in [2.05, 4.69) is 0 Å². The first kappa shape index (κ1) is 28.1. The predicted molar refractivity (Wildman–Crippen MR) is 112 cm³/mol. The van der Waals surface area contributed by atoms with Crippen LogP contribution in [0, 0.1) is 5.41 Å². The number of carbonyl (C=O) groups excluding carboxylic acids is 2. The summed E-state index contributed by atoms with van der Waals surface area (Å²) in [6.07, 6.45) is 0.854. The Morgan fingerprint density at radius 1 is 0.759 bits per heavy atom. The molecule has 2 atom stereocenters. The minimum absolute atomic E-state index is 0.0599. The standard InChI is InChI=1S/C17H38N2O8Si2/c1-9-13(28(22-3,23-4)24-5)17(16(19)21,12-11-15(18)20)14(10-2)29(25-6,26-7)27-8/h13-14H,9-12H2,1-8H3,(H2,18,20)(H2,19,21). The van der Waals surface area contributed by atoms with Gasteiger partial charge in [0.1, 0.15) is 0 Å². The second-order valence-electron chi connectivity index (χ2n) is 6.72. The Labute approximate surface area is 176 Å². The Bertz CT molecular complexity index is 485. The average Bonchev–Trinajstić information content (AvgIpc) is 2.72. The van der Waals surface area contributed by atoms with Crippen LogP contribution in [-0.2, 0) is 36.1 Å². The van der Waals surface area contributed by atoms with Crippen LogP contribution in [0.15, 0.2) is 0 Å². The van der Waals surface area contributed by atoms with E-state index < -0.39 is 45.9 Å². The van der Waals surface area contributed by atoms with Crippen molar-refractivity contribution in [2.24, 2.45) is 16.9 Å². The van der Waals surface area contributed by atoms with Gasteiger partial charge in [-0.2, -0.15) is 0 Å². The van der Waals surface area contributed by atoms with Crippen LogP contribution in [0.5, 0.6) is 0 Å². The summed E-state index contributed by atoms with van der Waals surface area (Å²) in [5.74, 6) is -1.19. The van der Waals surface area contributed by atoms with Crippen molar-refractivity contribution in [3.05, 3.63) is 0 Å². The second-order valence-corrected chi connectivity index (χ2v) is 13.0. The number of primary amides is 2. The van der Waals surface area contributed by atoms with E-state index in [4.69, 9.17) is 38.0 Å². The summed E-state index contributed by atoms with van der Waals surface area (Å²) in [6, 6.07) is 0. The smallest absolute Gasteiger partial charge is 0.377 e. The van der Waals surface area contributed by atoms with Crippen LogP contribution in [0.4, 0.5) is 0 Å². The molecule has 0 radical (unpaired) electrons. The quantitative estimate of drug-likeness (QED) is 0.329. The lowest BCUT2D eigenvalue weighted by molar-refractivity contribution is -0.132. The van der Waals surface area contributed by atoms with Gasteiger partial charge in [-0.1, -0.05) is 13.8 Å². The highest BCUT2D eigenvalue weighted by molar-refractivity contribution is 6.65. The topological polar surface area (TPSA) is 142 Å². The third kappa shape index (κ3) is 5.25. The van der Waals surface area contributed by atoms with Crippen LogP contribution in [0.1, 0.15) is 39.5 Å². The molecule has 0 aromatic rings. The number of nitrogens with two attached hydrogens (primary N) is 2. The zero-order valence-corrected chi connectivity index (χ0v) is 20.9. The molecule has 0 spiro atoms. The van der Waals surface area contributed by atoms with E-state index in [1.807, 2.05) is 13.8 Å². The van der Waals surface area contributed by atoms with Gasteiger partial charge in [-0.3, -0.25) is 9.59 Å². The van der Waals surface area contributed by atoms with Gasteiger partial charge in [-0.15, -0.1) is 0 Å². The van der Waals surface area contributed by atoms with Crippen LogP contribution in [-0.4, -0.2) is 72.1 Å². The van der Waals surface area contributed by atoms with Crippen molar-refractivity contribution in [2.75, 3.05) is 42.7 Å². The molecule has 0 rings (SSSR count). The third-order valence-corrected chi connectivity index (χ3v) is 12.8. The van der Waals surface area contributed by atoms with Crippen molar-refractivity contribution in [3.8, 4) is 0 Å². The average molecular weight is 455 g/mol. The molecular formula is C17H38N2O8Si2. The molecule has 0 aliphatic heterocycles. The lowest BCUT2D eigenvalue weighted by Gasteiger charge is -2.50. The molecule has 2 unspecified atom stereocenters. The Morgan fingerprint density at radius 3 is 1.24 bits per heavy atom. The maximum Gasteiger partial charge on any atom is 0.504 e. The monoisotopic (exact) mass is 454 g/mol. The molecule has 0 heterocycles. The first-order valence-corrected chi connectivity index (χ1v) is 13.1. The Balaban J connectivity index is 7.09. The summed E-state index contributed by atoms with van der Waals surface area (Å²) in [4.78, 5) is 24.9. The third-order valence-electron chi connectivity index (χ3n) is 5.86. The molecule has 0 fully saturated rings. The zero-order chi connectivity index (χ0) is 22.9. The van der Waals surface area contributed by atoms with Crippen molar-refractivity contribution in [3.63, 3.8) is 0 Å². The molecule has 2 amide bonds. The van der Waals surface area contributed by atoms with E-state index >= 15 is 0 Å². The Kier molecular flexibility index (Phi) is 11.7. The van der Waals surface area contributed by atoms with Crippen molar-refractivity contribution in [1.82, 2.24) is 0 Å². The Morgan fingerprint density at radius 2 is 1.07 bits per heavy atom. The fourth-order valence-electron chi connectivity index (χ4n) is 4.60. The van der Waals surface area contributed by atoms with Crippen LogP contribution >= 0.6 is 0 Å². The first-order chi connectivity index (χ1) is 13.6. The van der Waals surface area contributed by atoms with Crippen molar-refractivity contribution in [1.29, 1.82) is 0 Å². The summed E-state index contributed by atoms with van der Waals surface area (Å²) in [5, 5.41) is 0. The highest BCUT2D eigenvalue weighted by Crippen LogP contribution is 2.58. The molecule has 10 nitrogen and oxygen atoms in total. The van der Waals surface area contributed by atoms with Gasteiger partial charge in [-0.25, -0.2) is 0 Å². The van der Waals surface area contributed by atoms with E-state index in [-0.39, 0.29) is 12.8 Å². The molecule has 172 valence electrons. The molecule has 29 heavy (non-hydrogen) atoms. The van der Waals surface area contributed by atoms with Crippen LogP contribution in [0.25, 0.3) is 0 Å². The van der Waals surface area contributed by atoms with E-state index in [1.165, 1.54) is 42.7 Å². The Hall–Kier alpha value is -0.866. The maximum atomic E-state index is 13.2. The molecule has 4 N–H and O–H groups in total. The van der Waals surface area contributed by atoms with Gasteiger partial charge in [-0.05, 0) is 19.3 Å². The molecule has 0 aliphatic carbocycles. The van der Waals surface area contributed by atoms with E-state index in [0.717, 1.165) is 0 Å². The molecule has 0 aromatic heterocycles. The number of hydrogen-bond acceptors (Lipinski definition) is 8. The van der Waals surface area contributed by atoms with Gasteiger partial charge in [0.2, 0.25) is 11.8 Å². The summed E-state index contributed by atoms with van der Waals surface area (Å²) in [7, 11) is 1.99.